The van der Waals surface area contributed by atoms with E-state index in [1.54, 1.807) is 7.05 Å². The summed E-state index contributed by atoms with van der Waals surface area (Å²) in [6.07, 6.45) is 0. The first kappa shape index (κ1) is 23.5. The van der Waals surface area contributed by atoms with Crippen LogP contribution in [0, 0.1) is 0 Å². The Hall–Kier alpha value is -2.73. The van der Waals surface area contributed by atoms with Gasteiger partial charge >= 0.3 is 0 Å². The van der Waals surface area contributed by atoms with Crippen LogP contribution < -0.4 is 20.1 Å². The van der Waals surface area contributed by atoms with Crippen LogP contribution in [-0.2, 0) is 17.9 Å². The lowest BCUT2D eigenvalue weighted by molar-refractivity contribution is 0.134. The molecule has 0 fully saturated rings. The molecule has 0 heterocycles. The van der Waals surface area contributed by atoms with Gasteiger partial charge in [0, 0.05) is 20.2 Å². The molecule has 6 heteroatoms. The molecule has 0 saturated heterocycles. The molecule has 2 aromatic carbocycles. The Labute approximate surface area is 180 Å². The van der Waals surface area contributed by atoms with E-state index in [-0.39, 0.29) is 6.04 Å². The van der Waals surface area contributed by atoms with Crippen molar-refractivity contribution in [2.75, 3.05) is 26.9 Å². The molecule has 0 radical (unpaired) electrons. The Balaban J connectivity index is 1.95. The van der Waals surface area contributed by atoms with Crippen LogP contribution in [0.25, 0.3) is 0 Å². The summed E-state index contributed by atoms with van der Waals surface area (Å²) in [5.74, 6) is 2.28. The van der Waals surface area contributed by atoms with Crippen LogP contribution in [0.3, 0.4) is 0 Å². The van der Waals surface area contributed by atoms with Gasteiger partial charge in [-0.05, 0) is 56.5 Å². The van der Waals surface area contributed by atoms with Crippen LogP contribution in [-0.4, -0.2) is 32.8 Å². The second-order valence-corrected chi connectivity index (χ2v) is 6.82. The third-order valence-corrected chi connectivity index (χ3v) is 4.60. The molecule has 0 amide bonds. The zero-order valence-electron chi connectivity index (χ0n) is 18.8. The standard InChI is InChI=1S/C24H35N3O3/c1-6-28-17-20-11-9-19(10-12-20)16-26-24(25-5)27-18(4)21-13-14-22(29-7-2)23(15-21)30-8-3/h9-15,18H,6-8,16-17H2,1-5H3,(H2,25,26,27). The molecule has 0 saturated carbocycles. The smallest absolute Gasteiger partial charge is 0.191 e. The number of guanidine groups is 1. The van der Waals surface area contributed by atoms with Crippen molar-refractivity contribution in [3.8, 4) is 11.5 Å². The molecular weight excluding hydrogens is 378 g/mol. The van der Waals surface area contributed by atoms with Gasteiger partial charge in [0.2, 0.25) is 0 Å². The molecule has 2 N–H and O–H groups in total. The third-order valence-electron chi connectivity index (χ3n) is 4.60. The van der Waals surface area contributed by atoms with E-state index in [0.29, 0.717) is 26.4 Å². The van der Waals surface area contributed by atoms with Crippen LogP contribution in [0.15, 0.2) is 47.5 Å². The van der Waals surface area contributed by atoms with Crippen LogP contribution >= 0.6 is 0 Å². The molecule has 2 rings (SSSR count). The number of ether oxygens (including phenoxy) is 3. The van der Waals surface area contributed by atoms with Crippen LogP contribution in [0.2, 0.25) is 0 Å². The molecule has 0 aromatic heterocycles. The SMILES string of the molecule is CCOCc1ccc(CNC(=NC)NC(C)c2ccc(OCC)c(OCC)c2)cc1. The molecule has 0 spiro atoms. The molecule has 1 unspecified atom stereocenters. The normalized spacial score (nSPS) is 12.4. The average molecular weight is 414 g/mol. The van der Waals surface area contributed by atoms with Crippen molar-refractivity contribution in [1.82, 2.24) is 10.6 Å². The first-order valence-corrected chi connectivity index (χ1v) is 10.6. The highest BCUT2D eigenvalue weighted by Crippen LogP contribution is 2.30. The van der Waals surface area contributed by atoms with Crippen molar-refractivity contribution in [3.05, 3.63) is 59.2 Å². The maximum Gasteiger partial charge on any atom is 0.191 e. The molecule has 2 aromatic rings. The average Bonchev–Trinajstić information content (AvgIpc) is 2.77. The fourth-order valence-corrected chi connectivity index (χ4v) is 2.98. The molecule has 0 aliphatic rings. The van der Waals surface area contributed by atoms with Gasteiger partial charge in [-0.3, -0.25) is 4.99 Å². The van der Waals surface area contributed by atoms with E-state index in [1.165, 1.54) is 11.1 Å². The van der Waals surface area contributed by atoms with Gasteiger partial charge in [0.25, 0.3) is 0 Å². The largest absolute Gasteiger partial charge is 0.490 e. The van der Waals surface area contributed by atoms with Gasteiger partial charge in [-0.2, -0.15) is 0 Å². The zero-order chi connectivity index (χ0) is 21.8. The number of hydrogen-bond acceptors (Lipinski definition) is 4. The number of nitrogens with one attached hydrogen (secondary N) is 2. The highest BCUT2D eigenvalue weighted by molar-refractivity contribution is 5.80. The Bertz CT molecular complexity index is 791. The minimum Gasteiger partial charge on any atom is -0.490 e. The summed E-state index contributed by atoms with van der Waals surface area (Å²) in [6, 6.07) is 14.5. The highest BCUT2D eigenvalue weighted by atomic mass is 16.5. The number of hydrogen-bond donors (Lipinski definition) is 2. The van der Waals surface area contributed by atoms with Crippen LogP contribution in [0.4, 0.5) is 0 Å². The van der Waals surface area contributed by atoms with Crippen LogP contribution in [0.1, 0.15) is 50.4 Å². The minimum atomic E-state index is 0.0552. The van der Waals surface area contributed by atoms with Crippen molar-refractivity contribution >= 4 is 5.96 Å². The van der Waals surface area contributed by atoms with Crippen molar-refractivity contribution in [3.63, 3.8) is 0 Å². The quantitative estimate of drug-likeness (QED) is 0.421. The lowest BCUT2D eigenvalue weighted by Gasteiger charge is -2.20. The van der Waals surface area contributed by atoms with E-state index in [9.17, 15) is 0 Å². The summed E-state index contributed by atoms with van der Waals surface area (Å²) in [5, 5.41) is 6.81. The van der Waals surface area contributed by atoms with Crippen molar-refractivity contribution < 1.29 is 14.2 Å². The Morgan fingerprint density at radius 1 is 0.900 bits per heavy atom. The Morgan fingerprint density at radius 2 is 1.57 bits per heavy atom. The molecule has 6 nitrogen and oxygen atoms in total. The second kappa shape index (κ2) is 12.8. The van der Waals surface area contributed by atoms with E-state index in [0.717, 1.165) is 29.6 Å². The molecular formula is C24H35N3O3. The predicted molar refractivity (Wildman–Crippen MR) is 122 cm³/mol. The topological polar surface area (TPSA) is 64.1 Å². The number of nitrogens with zero attached hydrogens (tertiary/aromatic N) is 1. The predicted octanol–water partition coefficient (Wildman–Crippen LogP) is 4.45. The molecule has 0 aliphatic heterocycles. The van der Waals surface area contributed by atoms with Crippen molar-refractivity contribution in [1.29, 1.82) is 0 Å². The minimum absolute atomic E-state index is 0.0552. The summed E-state index contributed by atoms with van der Waals surface area (Å²) in [5.41, 5.74) is 3.47. The third kappa shape index (κ3) is 7.26. The fourth-order valence-electron chi connectivity index (χ4n) is 2.98. The van der Waals surface area contributed by atoms with Crippen LogP contribution in [0.5, 0.6) is 11.5 Å². The van der Waals surface area contributed by atoms with Gasteiger partial charge in [-0.25, -0.2) is 0 Å². The Kier molecular flexibility index (Phi) is 10.0. The molecule has 0 aliphatic carbocycles. The second-order valence-electron chi connectivity index (χ2n) is 6.82. The monoisotopic (exact) mass is 413 g/mol. The zero-order valence-corrected chi connectivity index (χ0v) is 18.8. The van der Waals surface area contributed by atoms with Gasteiger partial charge in [0.1, 0.15) is 0 Å². The first-order chi connectivity index (χ1) is 14.6. The van der Waals surface area contributed by atoms with Gasteiger partial charge in [0.15, 0.2) is 17.5 Å². The summed E-state index contributed by atoms with van der Waals surface area (Å²) >= 11 is 0. The van der Waals surface area contributed by atoms with Gasteiger partial charge < -0.3 is 24.8 Å². The van der Waals surface area contributed by atoms with E-state index < -0.39 is 0 Å². The van der Waals surface area contributed by atoms with Gasteiger partial charge in [0.05, 0.1) is 25.9 Å². The summed E-state index contributed by atoms with van der Waals surface area (Å²) in [4.78, 5) is 4.35. The number of benzene rings is 2. The van der Waals surface area contributed by atoms with Gasteiger partial charge in [-0.15, -0.1) is 0 Å². The van der Waals surface area contributed by atoms with E-state index >= 15 is 0 Å². The maximum atomic E-state index is 5.74. The first-order valence-electron chi connectivity index (χ1n) is 10.6. The highest BCUT2D eigenvalue weighted by Gasteiger charge is 2.12. The summed E-state index contributed by atoms with van der Waals surface area (Å²) < 4.78 is 16.8. The lowest BCUT2D eigenvalue weighted by Crippen LogP contribution is -2.38. The Morgan fingerprint density at radius 3 is 2.20 bits per heavy atom. The van der Waals surface area contributed by atoms with E-state index in [4.69, 9.17) is 14.2 Å². The number of aliphatic imine (C=N–C) groups is 1. The summed E-state index contributed by atoms with van der Waals surface area (Å²) in [7, 11) is 1.77. The number of rotatable bonds is 11. The fraction of sp³-hybridized carbons (Fsp3) is 0.458. The van der Waals surface area contributed by atoms with Gasteiger partial charge in [-0.1, -0.05) is 30.3 Å². The molecule has 164 valence electrons. The molecule has 30 heavy (non-hydrogen) atoms. The summed E-state index contributed by atoms with van der Waals surface area (Å²) in [6.45, 7) is 11.3. The van der Waals surface area contributed by atoms with E-state index in [1.807, 2.05) is 32.9 Å². The maximum absolute atomic E-state index is 5.74. The van der Waals surface area contributed by atoms with Crippen molar-refractivity contribution in [2.24, 2.45) is 4.99 Å². The lowest BCUT2D eigenvalue weighted by atomic mass is 10.1. The molecule has 0 bridgehead atoms. The molecule has 1 atom stereocenters. The van der Waals surface area contributed by atoms with Crippen molar-refractivity contribution in [2.45, 2.75) is 46.9 Å². The van der Waals surface area contributed by atoms with E-state index in [2.05, 4.69) is 52.9 Å².